The van der Waals surface area contributed by atoms with E-state index in [1.165, 1.54) is 32.2 Å². The summed E-state index contributed by atoms with van der Waals surface area (Å²) in [5, 5.41) is 12.7. The zero-order valence-electron chi connectivity index (χ0n) is 13.4. The summed E-state index contributed by atoms with van der Waals surface area (Å²) in [7, 11) is 0. The van der Waals surface area contributed by atoms with Gasteiger partial charge >= 0.3 is 0 Å². The summed E-state index contributed by atoms with van der Waals surface area (Å²) in [6, 6.07) is 1.14. The maximum atomic E-state index is 9.06. The van der Waals surface area contributed by atoms with E-state index in [1.807, 2.05) is 0 Å². The molecule has 0 saturated heterocycles. The molecule has 114 valence electrons. The van der Waals surface area contributed by atoms with Crippen molar-refractivity contribution >= 4 is 0 Å². The Balaban J connectivity index is 2.58. The van der Waals surface area contributed by atoms with Gasteiger partial charge < -0.3 is 15.3 Å². The molecule has 1 aliphatic carbocycles. The largest absolute Gasteiger partial charge is 0.396 e. The third-order valence-electron chi connectivity index (χ3n) is 4.42. The van der Waals surface area contributed by atoms with Crippen molar-refractivity contribution in [1.82, 2.24) is 10.2 Å². The summed E-state index contributed by atoms with van der Waals surface area (Å²) < 4.78 is 0. The SMILES string of the molecule is CC(C)NCC1(CN(CCCO)C(C)C)CCCC1. The summed E-state index contributed by atoms with van der Waals surface area (Å²) in [5.74, 6) is 0. The van der Waals surface area contributed by atoms with Crippen LogP contribution in [0.3, 0.4) is 0 Å². The van der Waals surface area contributed by atoms with E-state index >= 15 is 0 Å². The minimum absolute atomic E-state index is 0.306. The van der Waals surface area contributed by atoms with E-state index in [4.69, 9.17) is 5.11 Å². The Labute approximate surface area is 119 Å². The van der Waals surface area contributed by atoms with Crippen molar-refractivity contribution in [1.29, 1.82) is 0 Å². The van der Waals surface area contributed by atoms with Crippen LogP contribution in [-0.2, 0) is 0 Å². The Morgan fingerprint density at radius 2 is 1.79 bits per heavy atom. The molecule has 0 aliphatic heterocycles. The summed E-state index contributed by atoms with van der Waals surface area (Å²) in [6.07, 6.45) is 6.37. The molecule has 0 spiro atoms. The average molecular weight is 270 g/mol. The first-order valence-electron chi connectivity index (χ1n) is 8.07. The van der Waals surface area contributed by atoms with Gasteiger partial charge in [-0.3, -0.25) is 0 Å². The summed E-state index contributed by atoms with van der Waals surface area (Å²) in [5.41, 5.74) is 0.462. The van der Waals surface area contributed by atoms with E-state index in [0.29, 0.717) is 24.1 Å². The lowest BCUT2D eigenvalue weighted by molar-refractivity contribution is 0.111. The minimum Gasteiger partial charge on any atom is -0.396 e. The van der Waals surface area contributed by atoms with Gasteiger partial charge in [-0.25, -0.2) is 0 Å². The Morgan fingerprint density at radius 3 is 2.26 bits per heavy atom. The molecule has 0 aromatic rings. The quantitative estimate of drug-likeness (QED) is 0.676. The lowest BCUT2D eigenvalue weighted by atomic mass is 9.84. The molecule has 0 amide bonds. The van der Waals surface area contributed by atoms with E-state index in [0.717, 1.165) is 19.5 Å². The van der Waals surface area contributed by atoms with Crippen LogP contribution in [0.4, 0.5) is 0 Å². The minimum atomic E-state index is 0.306. The fourth-order valence-corrected chi connectivity index (χ4v) is 3.16. The van der Waals surface area contributed by atoms with Crippen molar-refractivity contribution in [2.75, 3.05) is 26.2 Å². The molecule has 1 rings (SSSR count). The number of aliphatic hydroxyl groups excluding tert-OH is 1. The van der Waals surface area contributed by atoms with Gasteiger partial charge in [0, 0.05) is 38.3 Å². The predicted octanol–water partition coefficient (Wildman–Crippen LogP) is 2.64. The van der Waals surface area contributed by atoms with Crippen molar-refractivity contribution in [2.45, 2.75) is 71.9 Å². The highest BCUT2D eigenvalue weighted by Crippen LogP contribution is 2.38. The second-order valence-electron chi connectivity index (χ2n) is 6.88. The summed E-state index contributed by atoms with van der Waals surface area (Å²) >= 11 is 0. The fraction of sp³-hybridized carbons (Fsp3) is 1.00. The van der Waals surface area contributed by atoms with Gasteiger partial charge in [-0.1, -0.05) is 26.7 Å². The topological polar surface area (TPSA) is 35.5 Å². The maximum Gasteiger partial charge on any atom is 0.0443 e. The van der Waals surface area contributed by atoms with E-state index < -0.39 is 0 Å². The molecule has 0 radical (unpaired) electrons. The van der Waals surface area contributed by atoms with Crippen LogP contribution in [0.2, 0.25) is 0 Å². The normalized spacial score (nSPS) is 18.9. The molecule has 2 N–H and O–H groups in total. The number of aliphatic hydroxyl groups is 1. The number of rotatable bonds is 9. The van der Waals surface area contributed by atoms with Gasteiger partial charge in [0.05, 0.1) is 0 Å². The van der Waals surface area contributed by atoms with Crippen LogP contribution in [-0.4, -0.2) is 48.3 Å². The van der Waals surface area contributed by atoms with Crippen LogP contribution in [0.15, 0.2) is 0 Å². The lowest BCUT2D eigenvalue weighted by Crippen LogP contribution is -2.46. The first-order valence-corrected chi connectivity index (χ1v) is 8.07. The second-order valence-corrected chi connectivity index (χ2v) is 6.88. The number of nitrogens with zero attached hydrogens (tertiary/aromatic N) is 1. The zero-order chi connectivity index (χ0) is 14.3. The van der Waals surface area contributed by atoms with Crippen LogP contribution in [0.25, 0.3) is 0 Å². The predicted molar refractivity (Wildman–Crippen MR) is 82.5 cm³/mol. The lowest BCUT2D eigenvalue weighted by Gasteiger charge is -2.38. The van der Waals surface area contributed by atoms with Crippen LogP contribution in [0, 0.1) is 5.41 Å². The maximum absolute atomic E-state index is 9.06. The zero-order valence-corrected chi connectivity index (χ0v) is 13.4. The van der Waals surface area contributed by atoms with Gasteiger partial charge in [0.1, 0.15) is 0 Å². The highest BCUT2D eigenvalue weighted by molar-refractivity contribution is 4.90. The van der Waals surface area contributed by atoms with Crippen molar-refractivity contribution < 1.29 is 5.11 Å². The molecule has 0 aromatic carbocycles. The van der Waals surface area contributed by atoms with Gasteiger partial charge in [0.15, 0.2) is 0 Å². The number of nitrogens with one attached hydrogen (secondary N) is 1. The van der Waals surface area contributed by atoms with E-state index in [9.17, 15) is 0 Å². The van der Waals surface area contributed by atoms with Crippen LogP contribution in [0.1, 0.15) is 59.8 Å². The standard InChI is InChI=1S/C16H34N2O/c1-14(2)17-12-16(8-5-6-9-16)13-18(15(3)4)10-7-11-19/h14-15,17,19H,5-13H2,1-4H3. The van der Waals surface area contributed by atoms with Crippen LogP contribution < -0.4 is 5.32 Å². The fourth-order valence-electron chi connectivity index (χ4n) is 3.16. The molecule has 0 atom stereocenters. The molecule has 1 saturated carbocycles. The summed E-state index contributed by atoms with van der Waals surface area (Å²) in [6.45, 7) is 12.7. The molecule has 0 unspecified atom stereocenters. The Morgan fingerprint density at radius 1 is 1.16 bits per heavy atom. The molecule has 3 nitrogen and oxygen atoms in total. The molecule has 3 heteroatoms. The van der Waals surface area contributed by atoms with Crippen molar-refractivity contribution in [3.8, 4) is 0 Å². The highest BCUT2D eigenvalue weighted by Gasteiger charge is 2.35. The molecule has 0 aromatic heterocycles. The molecule has 1 aliphatic rings. The smallest absolute Gasteiger partial charge is 0.0443 e. The van der Waals surface area contributed by atoms with Crippen molar-refractivity contribution in [2.24, 2.45) is 5.41 Å². The average Bonchev–Trinajstić information content (AvgIpc) is 2.81. The molecular weight excluding hydrogens is 236 g/mol. The highest BCUT2D eigenvalue weighted by atomic mass is 16.3. The first-order chi connectivity index (χ1) is 8.99. The monoisotopic (exact) mass is 270 g/mol. The molecular formula is C16H34N2O. The Hall–Kier alpha value is -0.120. The third-order valence-corrected chi connectivity index (χ3v) is 4.42. The second kappa shape index (κ2) is 8.23. The van der Waals surface area contributed by atoms with Gasteiger partial charge in [-0.05, 0) is 38.5 Å². The molecule has 0 heterocycles. The van der Waals surface area contributed by atoms with E-state index in [-0.39, 0.29) is 0 Å². The first kappa shape index (κ1) is 16.9. The molecule has 19 heavy (non-hydrogen) atoms. The van der Waals surface area contributed by atoms with Gasteiger partial charge in [0.25, 0.3) is 0 Å². The molecule has 0 bridgehead atoms. The van der Waals surface area contributed by atoms with E-state index in [1.54, 1.807) is 0 Å². The van der Waals surface area contributed by atoms with Gasteiger partial charge in [-0.15, -0.1) is 0 Å². The van der Waals surface area contributed by atoms with E-state index in [2.05, 4.69) is 37.9 Å². The number of hydrogen-bond acceptors (Lipinski definition) is 3. The molecule has 1 fully saturated rings. The Kier molecular flexibility index (Phi) is 7.33. The van der Waals surface area contributed by atoms with Crippen LogP contribution >= 0.6 is 0 Å². The number of hydrogen-bond donors (Lipinski definition) is 2. The van der Waals surface area contributed by atoms with Crippen molar-refractivity contribution in [3.05, 3.63) is 0 Å². The van der Waals surface area contributed by atoms with Gasteiger partial charge in [0.2, 0.25) is 0 Å². The third kappa shape index (κ3) is 5.80. The van der Waals surface area contributed by atoms with Gasteiger partial charge in [-0.2, -0.15) is 0 Å². The van der Waals surface area contributed by atoms with Crippen LogP contribution in [0.5, 0.6) is 0 Å². The van der Waals surface area contributed by atoms with Crippen molar-refractivity contribution in [3.63, 3.8) is 0 Å². The summed E-state index contributed by atoms with van der Waals surface area (Å²) in [4.78, 5) is 2.56. The Bertz CT molecular complexity index is 235.